The van der Waals surface area contributed by atoms with Gasteiger partial charge in [0.05, 0.1) is 16.7 Å². The van der Waals surface area contributed by atoms with Crippen LogP contribution in [0.2, 0.25) is 5.02 Å². The molecule has 8 heteroatoms. The fourth-order valence-electron chi connectivity index (χ4n) is 5.86. The molecule has 2 N–H and O–H groups in total. The quantitative estimate of drug-likeness (QED) is 0.346. The van der Waals surface area contributed by atoms with Crippen LogP contribution in [0.4, 0.5) is 0 Å². The number of allylic oxidation sites excluding steroid dienone is 3. The van der Waals surface area contributed by atoms with Crippen LogP contribution in [0.25, 0.3) is 0 Å². The van der Waals surface area contributed by atoms with Gasteiger partial charge in [0.25, 0.3) is 0 Å². The van der Waals surface area contributed by atoms with E-state index in [-0.39, 0.29) is 23.6 Å². The highest BCUT2D eigenvalue weighted by Crippen LogP contribution is 2.48. The Morgan fingerprint density at radius 1 is 1.13 bits per heavy atom. The molecular formula is C30H31BrClNO5. The summed E-state index contributed by atoms with van der Waals surface area (Å²) in [5.41, 5.74) is 4.20. The van der Waals surface area contributed by atoms with E-state index in [1.807, 2.05) is 38.1 Å². The number of phenolic OH excluding ortho intramolecular Hbond substituents is 1. The van der Waals surface area contributed by atoms with Gasteiger partial charge in [-0.25, -0.2) is 4.79 Å². The molecule has 0 aromatic heterocycles. The molecule has 1 saturated carbocycles. The maximum Gasteiger partial charge on any atom is 0.337 e. The third kappa shape index (κ3) is 5.23. The molecule has 1 aliphatic heterocycles. The lowest BCUT2D eigenvalue weighted by Gasteiger charge is -2.37. The van der Waals surface area contributed by atoms with E-state index in [1.165, 1.54) is 0 Å². The van der Waals surface area contributed by atoms with Crippen LogP contribution < -0.4 is 10.1 Å². The number of esters is 1. The summed E-state index contributed by atoms with van der Waals surface area (Å²) in [4.78, 5) is 27.5. The maximum absolute atomic E-state index is 13.9. The minimum atomic E-state index is -0.644. The van der Waals surface area contributed by atoms with Gasteiger partial charge >= 0.3 is 5.97 Å². The van der Waals surface area contributed by atoms with E-state index in [0.29, 0.717) is 57.1 Å². The Morgan fingerprint density at radius 3 is 2.53 bits per heavy atom. The van der Waals surface area contributed by atoms with Crippen molar-refractivity contribution in [2.45, 2.75) is 70.3 Å². The van der Waals surface area contributed by atoms with E-state index in [0.717, 1.165) is 36.9 Å². The number of hydrogen-bond acceptors (Lipinski definition) is 6. The molecule has 3 aliphatic rings. The van der Waals surface area contributed by atoms with Crippen molar-refractivity contribution in [3.8, 4) is 11.5 Å². The standard InChI is InChI=1S/C30H31BrClNO5/c1-3-37-25-15-19(12-22(31)29(25)35)27-26(30(36)38-21-6-4-5-7-21)16(2)33-23-13-18(14-24(34)28(23)27)17-8-10-20(32)11-9-17/h8-12,15,18,21,27,33,35H,3-7,13-14H2,1-2H3/t18-,27-/m0/s1. The minimum absolute atomic E-state index is 0.00278. The van der Waals surface area contributed by atoms with Gasteiger partial charge in [-0.1, -0.05) is 23.7 Å². The molecule has 2 aliphatic carbocycles. The first-order chi connectivity index (χ1) is 18.3. The van der Waals surface area contributed by atoms with Crippen LogP contribution in [-0.2, 0) is 14.3 Å². The molecule has 5 rings (SSSR count). The van der Waals surface area contributed by atoms with Crippen molar-refractivity contribution in [1.82, 2.24) is 5.32 Å². The molecule has 1 fully saturated rings. The molecule has 0 spiro atoms. The van der Waals surface area contributed by atoms with Gasteiger partial charge in [0, 0.05) is 34.3 Å². The van der Waals surface area contributed by atoms with Crippen LogP contribution in [0.3, 0.4) is 0 Å². The molecule has 0 amide bonds. The van der Waals surface area contributed by atoms with E-state index >= 15 is 0 Å². The van der Waals surface area contributed by atoms with Gasteiger partial charge in [-0.2, -0.15) is 0 Å². The number of ether oxygens (including phenoxy) is 2. The Balaban J connectivity index is 1.59. The summed E-state index contributed by atoms with van der Waals surface area (Å²) in [5.74, 6) is -0.807. The summed E-state index contributed by atoms with van der Waals surface area (Å²) in [7, 11) is 0. The number of halogens is 2. The zero-order valence-electron chi connectivity index (χ0n) is 21.5. The molecule has 2 atom stereocenters. The summed E-state index contributed by atoms with van der Waals surface area (Å²) in [5, 5.41) is 14.6. The lowest BCUT2D eigenvalue weighted by atomic mass is 9.71. The van der Waals surface area contributed by atoms with Crippen LogP contribution in [0, 0.1) is 0 Å². The molecule has 2 aromatic carbocycles. The molecule has 200 valence electrons. The number of nitrogens with one attached hydrogen (secondary N) is 1. The largest absolute Gasteiger partial charge is 0.503 e. The highest BCUT2D eigenvalue weighted by molar-refractivity contribution is 9.10. The average molecular weight is 601 g/mol. The highest BCUT2D eigenvalue weighted by atomic mass is 79.9. The normalized spacial score (nSPS) is 21.8. The van der Waals surface area contributed by atoms with Crippen molar-refractivity contribution >= 4 is 39.3 Å². The van der Waals surface area contributed by atoms with Crippen molar-refractivity contribution in [1.29, 1.82) is 0 Å². The Bertz CT molecular complexity index is 1330. The number of Topliss-reactive ketones (excluding diaryl/α,β-unsaturated/α-hetero) is 1. The Labute approximate surface area is 236 Å². The Kier molecular flexibility index (Phi) is 7.87. The van der Waals surface area contributed by atoms with Gasteiger partial charge in [-0.3, -0.25) is 4.79 Å². The van der Waals surface area contributed by atoms with Crippen molar-refractivity contribution in [3.05, 3.63) is 79.6 Å². The third-order valence-corrected chi connectivity index (χ3v) is 8.51. The number of hydrogen-bond donors (Lipinski definition) is 2. The average Bonchev–Trinajstić information content (AvgIpc) is 3.39. The third-order valence-electron chi connectivity index (χ3n) is 7.65. The molecular weight excluding hydrogens is 570 g/mol. The van der Waals surface area contributed by atoms with Gasteiger partial charge in [0.2, 0.25) is 0 Å². The topological polar surface area (TPSA) is 84.9 Å². The summed E-state index contributed by atoms with van der Waals surface area (Å²) >= 11 is 9.53. The van der Waals surface area contributed by atoms with Crippen LogP contribution in [-0.4, -0.2) is 29.6 Å². The van der Waals surface area contributed by atoms with Crippen LogP contribution in [0.15, 0.2) is 63.4 Å². The lowest BCUT2D eigenvalue weighted by Crippen LogP contribution is -2.36. The number of dihydropyridines is 1. The lowest BCUT2D eigenvalue weighted by molar-refractivity contribution is -0.144. The molecule has 0 radical (unpaired) electrons. The summed E-state index contributed by atoms with van der Waals surface area (Å²) in [6, 6.07) is 11.1. The maximum atomic E-state index is 13.9. The second kappa shape index (κ2) is 11.1. The first kappa shape index (κ1) is 26.8. The number of ketones is 1. The number of benzene rings is 2. The zero-order valence-corrected chi connectivity index (χ0v) is 23.8. The van der Waals surface area contributed by atoms with Gasteiger partial charge < -0.3 is 19.9 Å². The number of aromatic hydroxyl groups is 1. The van der Waals surface area contributed by atoms with Crippen molar-refractivity contribution < 1.29 is 24.2 Å². The van der Waals surface area contributed by atoms with Crippen LogP contribution >= 0.6 is 27.5 Å². The van der Waals surface area contributed by atoms with Gasteiger partial charge in [-0.05, 0) is 103 Å². The smallest absolute Gasteiger partial charge is 0.337 e. The van der Waals surface area contributed by atoms with E-state index in [4.69, 9.17) is 21.1 Å². The predicted octanol–water partition coefficient (Wildman–Crippen LogP) is 7.05. The van der Waals surface area contributed by atoms with Crippen LogP contribution in [0.1, 0.15) is 75.3 Å². The molecule has 0 bridgehead atoms. The van der Waals surface area contributed by atoms with E-state index in [1.54, 1.807) is 12.1 Å². The fourth-order valence-corrected chi connectivity index (χ4v) is 6.45. The van der Waals surface area contributed by atoms with Gasteiger partial charge in [-0.15, -0.1) is 0 Å². The molecule has 1 heterocycles. The zero-order chi connectivity index (χ0) is 27.0. The van der Waals surface area contributed by atoms with Crippen molar-refractivity contribution in [3.63, 3.8) is 0 Å². The van der Waals surface area contributed by atoms with Crippen molar-refractivity contribution in [2.24, 2.45) is 0 Å². The number of carbonyl (C=O) groups excluding carboxylic acids is 2. The minimum Gasteiger partial charge on any atom is -0.503 e. The fraction of sp³-hybridized carbons (Fsp3) is 0.400. The summed E-state index contributed by atoms with van der Waals surface area (Å²) in [6.07, 6.45) is 4.62. The van der Waals surface area contributed by atoms with E-state index in [2.05, 4.69) is 21.2 Å². The SMILES string of the molecule is CCOc1cc([C@H]2C(C(=O)OC3CCCC3)=C(C)NC3=C2C(=O)C[C@@H](c2ccc(Cl)cc2)C3)cc(Br)c1O. The molecule has 38 heavy (non-hydrogen) atoms. The number of carbonyl (C=O) groups is 2. The molecule has 2 aromatic rings. The van der Waals surface area contributed by atoms with Crippen molar-refractivity contribution in [2.75, 3.05) is 6.61 Å². The summed E-state index contributed by atoms with van der Waals surface area (Å²) in [6.45, 7) is 4.05. The Hall–Kier alpha value is -2.77. The second-order valence-electron chi connectivity index (χ2n) is 10.2. The van der Waals surface area contributed by atoms with Gasteiger partial charge in [0.1, 0.15) is 6.10 Å². The highest BCUT2D eigenvalue weighted by Gasteiger charge is 2.42. The van der Waals surface area contributed by atoms with E-state index < -0.39 is 11.9 Å². The van der Waals surface area contributed by atoms with Crippen LogP contribution in [0.5, 0.6) is 11.5 Å². The molecule has 0 unspecified atom stereocenters. The predicted molar refractivity (Wildman–Crippen MR) is 149 cm³/mol. The summed E-state index contributed by atoms with van der Waals surface area (Å²) < 4.78 is 12.1. The second-order valence-corrected chi connectivity index (χ2v) is 11.5. The Morgan fingerprint density at radius 2 is 1.84 bits per heavy atom. The van der Waals surface area contributed by atoms with Gasteiger partial charge in [0.15, 0.2) is 17.3 Å². The van der Waals surface area contributed by atoms with E-state index in [9.17, 15) is 14.7 Å². The molecule has 0 saturated heterocycles. The first-order valence-corrected chi connectivity index (χ1v) is 14.3. The first-order valence-electron chi connectivity index (χ1n) is 13.1. The number of rotatable bonds is 6. The molecule has 6 nitrogen and oxygen atoms in total. The number of phenols is 1. The monoisotopic (exact) mass is 599 g/mol.